The maximum Gasteiger partial charge on any atom is 0.240 e. The molecule has 0 radical (unpaired) electrons. The summed E-state index contributed by atoms with van der Waals surface area (Å²) in [5.74, 6) is -0.255. The molecule has 4 N–H and O–H groups in total. The minimum absolute atomic E-state index is 0.174. The van der Waals surface area contributed by atoms with Gasteiger partial charge in [0.15, 0.2) is 0 Å². The fraction of sp³-hybridized carbons (Fsp3) is 0.364. The van der Waals surface area contributed by atoms with Gasteiger partial charge in [0.25, 0.3) is 0 Å². The van der Waals surface area contributed by atoms with Crippen molar-refractivity contribution in [2.24, 2.45) is 5.73 Å². The molecule has 1 unspecified atom stereocenters. The third-order valence-electron chi connectivity index (χ3n) is 2.78. The van der Waals surface area contributed by atoms with E-state index in [0.29, 0.717) is 5.69 Å². The van der Waals surface area contributed by atoms with Crippen molar-refractivity contribution in [1.29, 1.82) is 0 Å². The number of primary amides is 1. The minimum Gasteiger partial charge on any atom is -0.399 e. The molecule has 1 aliphatic heterocycles. The van der Waals surface area contributed by atoms with Crippen LogP contribution in [0.15, 0.2) is 24.3 Å². The molecule has 1 saturated heterocycles. The molecule has 0 aliphatic carbocycles. The van der Waals surface area contributed by atoms with Crippen LogP contribution in [0.4, 0.5) is 11.4 Å². The van der Waals surface area contributed by atoms with Crippen LogP contribution in [-0.2, 0) is 4.79 Å². The van der Waals surface area contributed by atoms with E-state index in [1.807, 2.05) is 29.2 Å². The number of nitrogen functional groups attached to an aromatic ring is 1. The molecule has 1 fully saturated rings. The molecule has 2 rings (SSSR count). The van der Waals surface area contributed by atoms with E-state index in [2.05, 4.69) is 0 Å². The highest BCUT2D eigenvalue weighted by molar-refractivity contribution is 5.84. The summed E-state index contributed by atoms with van der Waals surface area (Å²) in [5, 5.41) is 0. The van der Waals surface area contributed by atoms with Crippen molar-refractivity contribution in [3.63, 3.8) is 0 Å². The number of nitrogens with two attached hydrogens (primary N) is 2. The van der Waals surface area contributed by atoms with Gasteiger partial charge in [0.05, 0.1) is 0 Å². The topological polar surface area (TPSA) is 72.4 Å². The van der Waals surface area contributed by atoms with E-state index in [-0.39, 0.29) is 11.9 Å². The largest absolute Gasteiger partial charge is 0.399 e. The van der Waals surface area contributed by atoms with E-state index in [1.165, 1.54) is 0 Å². The molecule has 1 aromatic rings. The predicted molar refractivity (Wildman–Crippen MR) is 60.4 cm³/mol. The number of anilines is 2. The summed E-state index contributed by atoms with van der Waals surface area (Å²) in [6.07, 6.45) is 1.84. The lowest BCUT2D eigenvalue weighted by atomic mass is 10.2. The van der Waals surface area contributed by atoms with Crippen LogP contribution in [0.2, 0.25) is 0 Å². The quantitative estimate of drug-likeness (QED) is 0.699. The number of carbonyl (C=O) groups excluding carboxylic acids is 1. The molecule has 0 aromatic heterocycles. The van der Waals surface area contributed by atoms with Crippen molar-refractivity contribution in [2.75, 3.05) is 17.2 Å². The van der Waals surface area contributed by atoms with E-state index in [1.54, 1.807) is 0 Å². The first-order valence-corrected chi connectivity index (χ1v) is 5.10. The molecule has 1 aromatic carbocycles. The second-order valence-electron chi connectivity index (χ2n) is 3.85. The summed E-state index contributed by atoms with van der Waals surface area (Å²) in [5.41, 5.74) is 12.8. The highest BCUT2D eigenvalue weighted by atomic mass is 16.1. The van der Waals surface area contributed by atoms with Crippen molar-refractivity contribution in [3.8, 4) is 0 Å². The summed E-state index contributed by atoms with van der Waals surface area (Å²) in [7, 11) is 0. The van der Waals surface area contributed by atoms with Crippen LogP contribution in [0.1, 0.15) is 12.8 Å². The first-order chi connectivity index (χ1) is 7.18. The van der Waals surface area contributed by atoms with Crippen LogP contribution in [0, 0.1) is 0 Å². The fourth-order valence-corrected chi connectivity index (χ4v) is 2.07. The van der Waals surface area contributed by atoms with E-state index in [9.17, 15) is 4.79 Å². The number of hydrogen-bond acceptors (Lipinski definition) is 3. The molecule has 0 bridgehead atoms. The van der Waals surface area contributed by atoms with Gasteiger partial charge in [-0.1, -0.05) is 6.07 Å². The molecular formula is C11H15N3O. The van der Waals surface area contributed by atoms with Gasteiger partial charge < -0.3 is 16.4 Å². The Morgan fingerprint density at radius 3 is 2.93 bits per heavy atom. The molecule has 4 heteroatoms. The monoisotopic (exact) mass is 205 g/mol. The van der Waals surface area contributed by atoms with Gasteiger partial charge in [-0.15, -0.1) is 0 Å². The number of rotatable bonds is 2. The average molecular weight is 205 g/mol. The van der Waals surface area contributed by atoms with Gasteiger partial charge in [-0.3, -0.25) is 4.79 Å². The maximum absolute atomic E-state index is 11.2. The Morgan fingerprint density at radius 1 is 1.47 bits per heavy atom. The third-order valence-corrected chi connectivity index (χ3v) is 2.78. The fourth-order valence-electron chi connectivity index (χ4n) is 2.07. The van der Waals surface area contributed by atoms with Gasteiger partial charge in [0, 0.05) is 17.9 Å². The minimum atomic E-state index is -0.255. The Morgan fingerprint density at radius 2 is 2.27 bits per heavy atom. The van der Waals surface area contributed by atoms with E-state index < -0.39 is 0 Å². The average Bonchev–Trinajstić information content (AvgIpc) is 2.65. The summed E-state index contributed by atoms with van der Waals surface area (Å²) in [4.78, 5) is 13.2. The highest BCUT2D eigenvalue weighted by Crippen LogP contribution is 2.26. The lowest BCUT2D eigenvalue weighted by Crippen LogP contribution is -2.40. The van der Waals surface area contributed by atoms with Gasteiger partial charge >= 0.3 is 0 Å². The smallest absolute Gasteiger partial charge is 0.240 e. The lowest BCUT2D eigenvalue weighted by molar-refractivity contribution is -0.119. The first kappa shape index (κ1) is 9.83. The van der Waals surface area contributed by atoms with Crippen molar-refractivity contribution in [3.05, 3.63) is 24.3 Å². The van der Waals surface area contributed by atoms with Crippen molar-refractivity contribution < 1.29 is 4.79 Å². The Kier molecular flexibility index (Phi) is 2.49. The Bertz CT molecular complexity index is 378. The van der Waals surface area contributed by atoms with Gasteiger partial charge in [-0.05, 0) is 31.0 Å². The normalized spacial score (nSPS) is 20.5. The molecule has 0 saturated carbocycles. The molecule has 80 valence electrons. The summed E-state index contributed by atoms with van der Waals surface area (Å²) in [6, 6.07) is 7.38. The second kappa shape index (κ2) is 3.81. The van der Waals surface area contributed by atoms with Gasteiger partial charge in [0.1, 0.15) is 6.04 Å². The zero-order valence-electron chi connectivity index (χ0n) is 8.52. The third kappa shape index (κ3) is 1.88. The Hall–Kier alpha value is -1.71. The molecule has 1 atom stereocenters. The summed E-state index contributed by atoms with van der Waals surface area (Å²) >= 11 is 0. The van der Waals surface area contributed by atoms with Crippen LogP contribution in [0.25, 0.3) is 0 Å². The lowest BCUT2D eigenvalue weighted by Gasteiger charge is -2.24. The van der Waals surface area contributed by atoms with Gasteiger partial charge in [-0.2, -0.15) is 0 Å². The number of hydrogen-bond donors (Lipinski definition) is 2. The number of nitrogens with zero attached hydrogens (tertiary/aromatic N) is 1. The maximum atomic E-state index is 11.2. The van der Waals surface area contributed by atoms with E-state index in [0.717, 1.165) is 25.1 Å². The highest BCUT2D eigenvalue weighted by Gasteiger charge is 2.28. The molecular weight excluding hydrogens is 190 g/mol. The summed E-state index contributed by atoms with van der Waals surface area (Å²) < 4.78 is 0. The standard InChI is InChI=1S/C11H15N3O/c12-8-3-1-4-9(7-8)14-6-2-5-10(14)11(13)15/h1,3-4,7,10H,2,5-6,12H2,(H2,13,15). The number of benzene rings is 1. The first-order valence-electron chi connectivity index (χ1n) is 5.10. The predicted octanol–water partition coefficient (Wildman–Crippen LogP) is 0.723. The molecule has 1 amide bonds. The van der Waals surface area contributed by atoms with Crippen LogP contribution in [-0.4, -0.2) is 18.5 Å². The molecule has 1 aliphatic rings. The van der Waals surface area contributed by atoms with Crippen molar-refractivity contribution >= 4 is 17.3 Å². The van der Waals surface area contributed by atoms with Crippen molar-refractivity contribution in [1.82, 2.24) is 0 Å². The van der Waals surface area contributed by atoms with E-state index in [4.69, 9.17) is 11.5 Å². The van der Waals surface area contributed by atoms with Crippen LogP contribution < -0.4 is 16.4 Å². The molecule has 4 nitrogen and oxygen atoms in total. The van der Waals surface area contributed by atoms with Crippen molar-refractivity contribution in [2.45, 2.75) is 18.9 Å². The zero-order chi connectivity index (χ0) is 10.8. The summed E-state index contributed by atoms with van der Waals surface area (Å²) in [6.45, 7) is 0.872. The molecule has 1 heterocycles. The Labute approximate surface area is 88.9 Å². The molecule has 0 spiro atoms. The van der Waals surface area contributed by atoms with Crippen LogP contribution >= 0.6 is 0 Å². The Balaban J connectivity index is 2.26. The van der Waals surface area contributed by atoms with Crippen LogP contribution in [0.3, 0.4) is 0 Å². The van der Waals surface area contributed by atoms with Gasteiger partial charge in [-0.25, -0.2) is 0 Å². The molecule has 15 heavy (non-hydrogen) atoms. The van der Waals surface area contributed by atoms with Crippen LogP contribution in [0.5, 0.6) is 0 Å². The number of amides is 1. The SMILES string of the molecule is NC(=O)C1CCCN1c1cccc(N)c1. The van der Waals surface area contributed by atoms with E-state index >= 15 is 0 Å². The van der Waals surface area contributed by atoms with Gasteiger partial charge in [0.2, 0.25) is 5.91 Å². The zero-order valence-corrected chi connectivity index (χ0v) is 8.52. The second-order valence-corrected chi connectivity index (χ2v) is 3.85. The number of carbonyl (C=O) groups is 1.